The highest BCUT2D eigenvalue weighted by molar-refractivity contribution is 5.96. The fourth-order valence-corrected chi connectivity index (χ4v) is 5.85. The maximum Gasteiger partial charge on any atom is 0.174 e. The zero-order valence-corrected chi connectivity index (χ0v) is 18.9. The van der Waals surface area contributed by atoms with Crippen molar-refractivity contribution in [2.75, 3.05) is 29.6 Å². The molecule has 172 valence electrons. The molecule has 0 aliphatic carbocycles. The second-order valence-electron chi connectivity index (χ2n) is 9.84. The minimum Gasteiger partial charge on any atom is -0.390 e. The van der Waals surface area contributed by atoms with Crippen LogP contribution in [0, 0.1) is 11.3 Å². The van der Waals surface area contributed by atoms with Gasteiger partial charge in [-0.25, -0.2) is 4.98 Å². The summed E-state index contributed by atoms with van der Waals surface area (Å²) >= 11 is 0. The summed E-state index contributed by atoms with van der Waals surface area (Å²) in [5.41, 5.74) is 1.24. The fourth-order valence-electron chi connectivity index (χ4n) is 5.85. The summed E-state index contributed by atoms with van der Waals surface area (Å²) in [5.74, 6) is 1.56. The molecule has 0 spiro atoms. The van der Waals surface area contributed by atoms with Crippen LogP contribution in [0.4, 0.5) is 11.5 Å². The zero-order valence-electron chi connectivity index (χ0n) is 18.9. The van der Waals surface area contributed by atoms with Crippen LogP contribution in [0.2, 0.25) is 0 Å². The number of aromatic amines is 1. The van der Waals surface area contributed by atoms with Crippen LogP contribution < -0.4 is 9.80 Å². The number of hydrogen-bond donors (Lipinski definition) is 2. The van der Waals surface area contributed by atoms with Gasteiger partial charge in [0.25, 0.3) is 0 Å². The second-order valence-corrected chi connectivity index (χ2v) is 9.84. The molecule has 2 N–H and O–H groups in total. The largest absolute Gasteiger partial charge is 0.390 e. The van der Waals surface area contributed by atoms with Gasteiger partial charge >= 0.3 is 0 Å². The predicted molar refractivity (Wildman–Crippen MR) is 122 cm³/mol. The Bertz CT molecular complexity index is 1210. The summed E-state index contributed by atoms with van der Waals surface area (Å²) in [6, 6.07) is 6.93. The Labute approximate surface area is 191 Å². The van der Waals surface area contributed by atoms with Crippen molar-refractivity contribution in [1.29, 1.82) is 5.26 Å². The Balaban J connectivity index is 1.57. The summed E-state index contributed by atoms with van der Waals surface area (Å²) in [5, 5.41) is 33.0. The van der Waals surface area contributed by atoms with Crippen LogP contribution in [0.3, 0.4) is 0 Å². The summed E-state index contributed by atoms with van der Waals surface area (Å²) in [4.78, 5) is 9.76. The van der Waals surface area contributed by atoms with Crippen molar-refractivity contribution in [2.45, 2.75) is 63.3 Å². The Morgan fingerprint density at radius 2 is 2.09 bits per heavy atom. The van der Waals surface area contributed by atoms with Crippen LogP contribution in [0.25, 0.3) is 16.9 Å². The molecule has 3 fully saturated rings. The fraction of sp³-hybridized carbons (Fsp3) is 0.565. The maximum absolute atomic E-state index is 10.6. The first-order chi connectivity index (χ1) is 15.9. The van der Waals surface area contributed by atoms with Gasteiger partial charge in [-0.15, -0.1) is 0 Å². The highest BCUT2D eigenvalue weighted by Crippen LogP contribution is 2.41. The number of ether oxygens (including phenoxy) is 1. The van der Waals surface area contributed by atoms with E-state index < -0.39 is 5.60 Å². The van der Waals surface area contributed by atoms with Gasteiger partial charge in [-0.2, -0.15) is 20.1 Å². The number of pyridine rings is 1. The lowest BCUT2D eigenvalue weighted by atomic mass is 9.88. The third-order valence-corrected chi connectivity index (χ3v) is 7.40. The van der Waals surface area contributed by atoms with Crippen LogP contribution in [0.15, 0.2) is 18.3 Å². The van der Waals surface area contributed by atoms with Gasteiger partial charge in [0.05, 0.1) is 48.2 Å². The molecule has 4 atom stereocenters. The number of anilines is 2. The standard InChI is InChI=1S/C23H28N8O2/c1-14-10-23(2,32)6-8-29(14)18-9-20(30-15-3-4-16(30)13-33-12-15)26-22-21(18)17(11-24)28-31(22)19-5-7-25-27-19/h5,7,9,14-16,32H,3-4,6,8,10,12-13H2,1-2H3,(H,25,27)/t14-,15?,16?,23?/m1/s1. The molecule has 3 aliphatic heterocycles. The van der Waals surface area contributed by atoms with Crippen molar-refractivity contribution in [2.24, 2.45) is 0 Å². The van der Waals surface area contributed by atoms with Crippen LogP contribution >= 0.6 is 0 Å². The van der Waals surface area contributed by atoms with Gasteiger partial charge in [0.1, 0.15) is 11.9 Å². The summed E-state index contributed by atoms with van der Waals surface area (Å²) in [7, 11) is 0. The predicted octanol–water partition coefficient (Wildman–Crippen LogP) is 2.12. The average molecular weight is 449 g/mol. The number of H-pyrrole nitrogens is 1. The van der Waals surface area contributed by atoms with Crippen molar-refractivity contribution in [3.63, 3.8) is 0 Å². The summed E-state index contributed by atoms with van der Waals surface area (Å²) < 4.78 is 7.49. The lowest BCUT2D eigenvalue weighted by Crippen LogP contribution is -2.48. The van der Waals surface area contributed by atoms with Gasteiger partial charge in [0.2, 0.25) is 0 Å². The van der Waals surface area contributed by atoms with Gasteiger partial charge in [-0.3, -0.25) is 5.10 Å². The van der Waals surface area contributed by atoms with Crippen molar-refractivity contribution >= 4 is 22.5 Å². The number of fused-ring (bicyclic) bond motifs is 3. The molecule has 10 heteroatoms. The number of nitrogens with zero attached hydrogens (tertiary/aromatic N) is 7. The molecule has 0 amide bonds. The Kier molecular flexibility index (Phi) is 4.61. The molecule has 3 aromatic heterocycles. The minimum absolute atomic E-state index is 0.107. The topological polar surface area (TPSA) is 119 Å². The van der Waals surface area contributed by atoms with Gasteiger partial charge < -0.3 is 19.6 Å². The quantitative estimate of drug-likeness (QED) is 0.625. The first kappa shape index (κ1) is 20.4. The number of rotatable bonds is 3. The number of hydrogen-bond acceptors (Lipinski definition) is 8. The molecule has 0 aromatic carbocycles. The van der Waals surface area contributed by atoms with Crippen LogP contribution in [-0.2, 0) is 4.74 Å². The smallest absolute Gasteiger partial charge is 0.174 e. The van der Waals surface area contributed by atoms with E-state index in [0.717, 1.165) is 29.7 Å². The van der Waals surface area contributed by atoms with Crippen LogP contribution in [0.5, 0.6) is 0 Å². The van der Waals surface area contributed by atoms with Gasteiger partial charge in [0, 0.05) is 24.7 Å². The molecule has 3 saturated heterocycles. The number of morpholine rings is 1. The zero-order chi connectivity index (χ0) is 22.7. The van der Waals surface area contributed by atoms with Crippen molar-refractivity contribution in [1.82, 2.24) is 25.0 Å². The molecule has 0 saturated carbocycles. The van der Waals surface area contributed by atoms with E-state index in [4.69, 9.17) is 9.72 Å². The van der Waals surface area contributed by atoms with Gasteiger partial charge in [0.15, 0.2) is 17.2 Å². The summed E-state index contributed by atoms with van der Waals surface area (Å²) in [6.07, 6.45) is 5.16. The Hall–Kier alpha value is -3.16. The van der Waals surface area contributed by atoms with Gasteiger partial charge in [-0.05, 0) is 39.5 Å². The maximum atomic E-state index is 10.6. The molecule has 33 heavy (non-hydrogen) atoms. The lowest BCUT2D eigenvalue weighted by molar-refractivity contribution is 0.0242. The number of aliphatic hydroxyl groups is 1. The van der Waals surface area contributed by atoms with E-state index in [2.05, 4.69) is 44.2 Å². The van der Waals surface area contributed by atoms with Crippen LogP contribution in [-0.4, -0.2) is 73.6 Å². The molecule has 3 aliphatic rings. The molecule has 0 radical (unpaired) electrons. The minimum atomic E-state index is -0.688. The van der Waals surface area contributed by atoms with Gasteiger partial charge in [-0.1, -0.05) is 0 Å². The van der Waals surface area contributed by atoms with E-state index >= 15 is 0 Å². The van der Waals surface area contributed by atoms with Crippen molar-refractivity contribution in [3.05, 3.63) is 24.0 Å². The van der Waals surface area contributed by atoms with E-state index in [1.165, 1.54) is 0 Å². The van der Waals surface area contributed by atoms with E-state index in [0.29, 0.717) is 61.8 Å². The van der Waals surface area contributed by atoms with E-state index in [1.807, 2.05) is 13.0 Å². The summed E-state index contributed by atoms with van der Waals surface area (Å²) in [6.45, 7) is 6.14. The number of nitriles is 1. The number of nitrogens with one attached hydrogen (secondary N) is 1. The number of aromatic nitrogens is 5. The average Bonchev–Trinajstić information content (AvgIpc) is 3.49. The van der Waals surface area contributed by atoms with E-state index in [-0.39, 0.29) is 6.04 Å². The van der Waals surface area contributed by atoms with Crippen LogP contribution in [0.1, 0.15) is 45.2 Å². The van der Waals surface area contributed by atoms with Crippen molar-refractivity contribution < 1.29 is 9.84 Å². The van der Waals surface area contributed by atoms with Crippen molar-refractivity contribution in [3.8, 4) is 11.9 Å². The highest BCUT2D eigenvalue weighted by Gasteiger charge is 2.40. The van der Waals surface area contributed by atoms with E-state index in [1.54, 1.807) is 10.9 Å². The molecule has 6 heterocycles. The lowest BCUT2D eigenvalue weighted by Gasteiger charge is -2.43. The third kappa shape index (κ3) is 3.26. The first-order valence-electron chi connectivity index (χ1n) is 11.6. The highest BCUT2D eigenvalue weighted by atomic mass is 16.5. The molecule has 2 bridgehead atoms. The molecule has 10 nitrogen and oxygen atoms in total. The number of piperidine rings is 1. The molecule has 3 aromatic rings. The monoisotopic (exact) mass is 448 g/mol. The normalized spacial score (nSPS) is 29.6. The van der Waals surface area contributed by atoms with E-state index in [9.17, 15) is 10.4 Å². The molecular weight excluding hydrogens is 420 g/mol. The third-order valence-electron chi connectivity index (χ3n) is 7.40. The SMILES string of the molecule is C[C@@H]1CC(C)(O)CCN1c1cc(N2C3CCC2COC3)nc2c1c(C#N)nn2-c1ccn[nH]1. The Morgan fingerprint density at radius 3 is 2.76 bits per heavy atom. The second kappa shape index (κ2) is 7.43. The molecular formula is C23H28N8O2. The first-order valence-corrected chi connectivity index (χ1v) is 11.6. The Morgan fingerprint density at radius 1 is 1.30 bits per heavy atom. The molecule has 6 rings (SSSR count). The molecule has 3 unspecified atom stereocenters.